The fourth-order valence-electron chi connectivity index (χ4n) is 4.59. The molecular weight excluding hydrogens is 524 g/mol. The van der Waals surface area contributed by atoms with Gasteiger partial charge in [-0.25, -0.2) is 0 Å². The predicted octanol–water partition coefficient (Wildman–Crippen LogP) is 8.24. The van der Waals surface area contributed by atoms with Crippen LogP contribution in [0.2, 0.25) is 0 Å². The van der Waals surface area contributed by atoms with E-state index in [1.165, 1.54) is 4.90 Å². The molecule has 0 unspecified atom stereocenters. The fraction of sp³-hybridized carbons (Fsp3) is 0.906. The van der Waals surface area contributed by atoms with Crippen molar-refractivity contribution in [1.82, 2.24) is 9.80 Å². The fourth-order valence-corrected chi connectivity index (χ4v) is 5.35. The third-order valence-corrected chi connectivity index (χ3v) is 7.99. The van der Waals surface area contributed by atoms with Gasteiger partial charge in [0.25, 0.3) is 5.24 Å². The van der Waals surface area contributed by atoms with Crippen LogP contribution in [0.4, 0.5) is 4.79 Å². The van der Waals surface area contributed by atoms with Crippen molar-refractivity contribution in [3.63, 3.8) is 0 Å². The molecule has 0 rings (SSSR count). The van der Waals surface area contributed by atoms with Gasteiger partial charge in [-0.15, -0.1) is 0 Å². The Bertz CT molecular complexity index is 587. The van der Waals surface area contributed by atoms with E-state index < -0.39 is 11.9 Å². The van der Waals surface area contributed by atoms with E-state index in [0.29, 0.717) is 5.75 Å². The van der Waals surface area contributed by atoms with Crippen molar-refractivity contribution in [2.24, 2.45) is 0 Å². The lowest BCUT2D eigenvalue weighted by Crippen LogP contribution is -2.40. The van der Waals surface area contributed by atoms with E-state index in [9.17, 15) is 14.4 Å². The first-order valence-electron chi connectivity index (χ1n) is 16.2. The van der Waals surface area contributed by atoms with Crippen LogP contribution in [0, 0.1) is 0 Å². The average molecular weight is 587 g/mol. The smallest absolute Gasteiger partial charge is 0.325 e. The van der Waals surface area contributed by atoms with E-state index in [0.717, 1.165) is 127 Å². The molecule has 0 aliphatic carbocycles. The summed E-state index contributed by atoms with van der Waals surface area (Å²) in [5.74, 6) is -0.240. The Kier molecular flexibility index (Phi) is 25.8. The molecule has 0 radical (unpaired) electrons. The number of carbonyl (C=O) groups is 3. The second-order valence-corrected chi connectivity index (χ2v) is 12.4. The molecule has 7 nitrogen and oxygen atoms in total. The van der Waals surface area contributed by atoms with Gasteiger partial charge in [0.05, 0.1) is 0 Å². The molecule has 40 heavy (non-hydrogen) atoms. The minimum Gasteiger partial charge on any atom is -0.461 e. The van der Waals surface area contributed by atoms with Gasteiger partial charge in [0, 0.05) is 5.75 Å². The molecule has 0 saturated carbocycles. The topological polar surface area (TPSA) is 76.1 Å². The molecule has 0 aromatic rings. The van der Waals surface area contributed by atoms with Gasteiger partial charge in [-0.1, -0.05) is 90.8 Å². The van der Waals surface area contributed by atoms with Crippen molar-refractivity contribution in [2.75, 3.05) is 39.5 Å². The van der Waals surface area contributed by atoms with Crippen LogP contribution in [0.3, 0.4) is 0 Å². The number of amides is 1. The van der Waals surface area contributed by atoms with E-state index in [1.54, 1.807) is 0 Å². The lowest BCUT2D eigenvalue weighted by molar-refractivity contribution is -0.153. The molecule has 0 aliphatic rings. The lowest BCUT2D eigenvalue weighted by atomic mass is 10.0. The number of thioether (sulfide) groups is 1. The van der Waals surface area contributed by atoms with Crippen molar-refractivity contribution in [1.29, 1.82) is 0 Å². The number of rotatable bonds is 26. The number of hydrogen-bond acceptors (Lipinski definition) is 7. The molecule has 0 aliphatic heterocycles. The number of nitrogens with zero attached hydrogens (tertiary/aromatic N) is 2. The van der Waals surface area contributed by atoms with Crippen molar-refractivity contribution < 1.29 is 23.9 Å². The van der Waals surface area contributed by atoms with E-state index >= 15 is 0 Å². The first-order valence-corrected chi connectivity index (χ1v) is 17.2. The van der Waals surface area contributed by atoms with Crippen LogP contribution in [0.5, 0.6) is 0 Å². The highest BCUT2D eigenvalue weighted by Crippen LogP contribution is 2.18. The number of unbranched alkanes of at least 4 members (excludes halogenated alkanes) is 8. The highest BCUT2D eigenvalue weighted by atomic mass is 32.2. The standard InChI is InChI=1S/C32H62N2O5S/c1-7-11-15-20-28(21-16-12-8-2)38-30(35)26-34(32(37)40-25-19-24-33(5)6)27-31(36)39-29(22-17-13-9-3)23-18-14-10-4/h28-29H,7-27H2,1-6H3. The highest BCUT2D eigenvalue weighted by molar-refractivity contribution is 8.13. The molecule has 0 spiro atoms. The minimum absolute atomic E-state index is 0.135. The molecule has 1 amide bonds. The van der Waals surface area contributed by atoms with E-state index in [4.69, 9.17) is 9.47 Å². The zero-order valence-electron chi connectivity index (χ0n) is 26.8. The predicted molar refractivity (Wildman–Crippen MR) is 169 cm³/mol. The Balaban J connectivity index is 5.31. The molecule has 0 bridgehead atoms. The summed E-state index contributed by atoms with van der Waals surface area (Å²) in [5.41, 5.74) is 0. The van der Waals surface area contributed by atoms with Gasteiger partial charge >= 0.3 is 11.9 Å². The zero-order valence-corrected chi connectivity index (χ0v) is 27.7. The maximum absolute atomic E-state index is 13.1. The van der Waals surface area contributed by atoms with Gasteiger partial charge < -0.3 is 19.3 Å². The Hall–Kier alpha value is -1.28. The van der Waals surface area contributed by atoms with Crippen LogP contribution < -0.4 is 0 Å². The van der Waals surface area contributed by atoms with E-state index in [2.05, 4.69) is 32.6 Å². The summed E-state index contributed by atoms with van der Waals surface area (Å²) in [5, 5.41) is -0.269. The van der Waals surface area contributed by atoms with Gasteiger partial charge in [0.2, 0.25) is 0 Å². The molecular formula is C32H62N2O5S. The van der Waals surface area contributed by atoms with Gasteiger partial charge in [-0.2, -0.15) is 0 Å². The second-order valence-electron chi connectivity index (χ2n) is 11.3. The molecule has 0 atom stereocenters. The summed E-state index contributed by atoms with van der Waals surface area (Å²) in [6.45, 7) is 9.08. The number of ether oxygens (including phenoxy) is 2. The molecule has 0 aromatic carbocycles. The van der Waals surface area contributed by atoms with Crippen LogP contribution in [0.25, 0.3) is 0 Å². The van der Waals surface area contributed by atoms with Crippen LogP contribution >= 0.6 is 11.8 Å². The Morgan fingerprint density at radius 3 is 1.30 bits per heavy atom. The summed E-state index contributed by atoms with van der Waals surface area (Å²) < 4.78 is 11.7. The Morgan fingerprint density at radius 1 is 0.600 bits per heavy atom. The molecule has 236 valence electrons. The Labute approximate surface area is 250 Å². The average Bonchev–Trinajstić information content (AvgIpc) is 2.90. The van der Waals surface area contributed by atoms with Gasteiger partial charge in [0.15, 0.2) is 0 Å². The quantitative estimate of drug-likeness (QED) is 0.0746. The maximum atomic E-state index is 13.1. The van der Waals surface area contributed by atoms with Crippen LogP contribution in [-0.4, -0.2) is 78.7 Å². The van der Waals surface area contributed by atoms with Gasteiger partial charge in [-0.05, 0) is 78.4 Å². The molecule has 0 N–H and O–H groups in total. The molecule has 8 heteroatoms. The monoisotopic (exact) mass is 586 g/mol. The summed E-state index contributed by atoms with van der Waals surface area (Å²) in [6.07, 6.45) is 16.9. The first-order chi connectivity index (χ1) is 19.3. The van der Waals surface area contributed by atoms with Crippen molar-refractivity contribution in [3.05, 3.63) is 0 Å². The van der Waals surface area contributed by atoms with Gasteiger partial charge in [-0.3, -0.25) is 14.4 Å². The summed E-state index contributed by atoms with van der Waals surface area (Å²) in [6, 6.07) is 0. The van der Waals surface area contributed by atoms with Crippen molar-refractivity contribution in [2.45, 2.75) is 149 Å². The largest absolute Gasteiger partial charge is 0.461 e. The van der Waals surface area contributed by atoms with Crippen LogP contribution in [0.15, 0.2) is 0 Å². The molecule has 0 heterocycles. The second kappa shape index (κ2) is 26.6. The van der Waals surface area contributed by atoms with Gasteiger partial charge in [0.1, 0.15) is 25.3 Å². The normalized spacial score (nSPS) is 11.4. The summed E-state index contributed by atoms with van der Waals surface area (Å²) in [4.78, 5) is 42.6. The SMILES string of the molecule is CCCCCC(CCCCC)OC(=O)CN(CC(=O)OC(CCCCC)CCCCC)C(=O)SCCCN(C)C. The minimum atomic E-state index is -0.435. The van der Waals surface area contributed by atoms with Crippen molar-refractivity contribution >= 4 is 28.9 Å². The highest BCUT2D eigenvalue weighted by Gasteiger charge is 2.25. The van der Waals surface area contributed by atoms with Crippen molar-refractivity contribution in [3.8, 4) is 0 Å². The number of carbonyl (C=O) groups excluding carboxylic acids is 3. The first kappa shape index (κ1) is 38.7. The number of esters is 2. The third-order valence-electron chi connectivity index (χ3n) is 6.99. The third kappa shape index (κ3) is 22.4. The number of hydrogen-bond donors (Lipinski definition) is 0. The maximum Gasteiger partial charge on any atom is 0.325 e. The molecule has 0 fully saturated rings. The van der Waals surface area contributed by atoms with Crippen LogP contribution in [0.1, 0.15) is 137 Å². The van der Waals surface area contributed by atoms with Crippen LogP contribution in [-0.2, 0) is 19.1 Å². The van der Waals surface area contributed by atoms with E-state index in [1.807, 2.05) is 14.1 Å². The summed E-state index contributed by atoms with van der Waals surface area (Å²) >= 11 is 1.16. The molecule has 0 aromatic heterocycles. The summed E-state index contributed by atoms with van der Waals surface area (Å²) in [7, 11) is 4.00. The molecule has 0 saturated heterocycles. The zero-order chi connectivity index (χ0) is 30.0. The lowest BCUT2D eigenvalue weighted by Gasteiger charge is -2.24. The Morgan fingerprint density at radius 2 is 0.975 bits per heavy atom. The van der Waals surface area contributed by atoms with E-state index in [-0.39, 0.29) is 30.5 Å².